The number of amides is 1. The van der Waals surface area contributed by atoms with Gasteiger partial charge in [-0.1, -0.05) is 25.7 Å². The predicted octanol–water partition coefficient (Wildman–Crippen LogP) is 2.50. The zero-order chi connectivity index (χ0) is 13.8. The minimum atomic E-state index is -0.110. The third-order valence-electron chi connectivity index (χ3n) is 4.02. The lowest BCUT2D eigenvalue weighted by Crippen LogP contribution is -2.26. The minimum absolute atomic E-state index is 0.110. The van der Waals surface area contributed by atoms with Gasteiger partial charge in [-0.2, -0.15) is 0 Å². The lowest BCUT2D eigenvalue weighted by Gasteiger charge is -2.16. The monoisotopic (exact) mass is 274 g/mol. The molecule has 1 aromatic rings. The summed E-state index contributed by atoms with van der Waals surface area (Å²) in [5.74, 6) is 0.667. The van der Waals surface area contributed by atoms with E-state index in [-0.39, 0.29) is 5.91 Å². The molecule has 0 aliphatic heterocycles. The highest BCUT2D eigenvalue weighted by Gasteiger charge is 2.24. The van der Waals surface area contributed by atoms with Gasteiger partial charge in [-0.25, -0.2) is 0 Å². The number of nitrogens with one attached hydrogen (secondary N) is 2. The van der Waals surface area contributed by atoms with Gasteiger partial charge in [-0.3, -0.25) is 4.79 Å². The van der Waals surface area contributed by atoms with E-state index in [0.29, 0.717) is 17.8 Å². The summed E-state index contributed by atoms with van der Waals surface area (Å²) in [4.78, 5) is 11.8. The Bertz CT molecular complexity index is 447. The number of nitrogens with zero attached hydrogens (tertiary/aromatic N) is 2. The van der Waals surface area contributed by atoms with Crippen LogP contribution in [0.4, 0.5) is 5.82 Å². The second kappa shape index (κ2) is 6.20. The lowest BCUT2D eigenvalue weighted by atomic mass is 10.1. The van der Waals surface area contributed by atoms with Gasteiger partial charge in [0, 0.05) is 12.1 Å². The summed E-state index contributed by atoms with van der Waals surface area (Å²) in [5, 5.41) is 14.5. The van der Waals surface area contributed by atoms with Crippen molar-refractivity contribution in [1.29, 1.82) is 0 Å². The van der Waals surface area contributed by atoms with Crippen molar-refractivity contribution in [1.82, 2.24) is 15.5 Å². The van der Waals surface area contributed by atoms with Gasteiger partial charge in [-0.15, -0.1) is 10.2 Å². The van der Waals surface area contributed by atoms with Crippen molar-refractivity contribution < 1.29 is 4.79 Å². The smallest absolute Gasteiger partial charge is 0.272 e. The van der Waals surface area contributed by atoms with Crippen molar-refractivity contribution in [2.24, 2.45) is 0 Å². The molecule has 0 radical (unpaired) electrons. The zero-order valence-electron chi connectivity index (χ0n) is 11.8. The second-order valence-corrected chi connectivity index (χ2v) is 5.88. The van der Waals surface area contributed by atoms with E-state index in [0.717, 1.165) is 18.7 Å². The van der Waals surface area contributed by atoms with Gasteiger partial charge in [0.25, 0.3) is 5.91 Å². The Morgan fingerprint density at radius 2 is 1.70 bits per heavy atom. The Kier molecular flexibility index (Phi) is 4.14. The Labute approximate surface area is 119 Å². The van der Waals surface area contributed by atoms with Gasteiger partial charge in [0.15, 0.2) is 5.69 Å². The van der Waals surface area contributed by atoms with Gasteiger partial charge >= 0.3 is 0 Å². The summed E-state index contributed by atoms with van der Waals surface area (Å²) in [7, 11) is 0. The van der Waals surface area contributed by atoms with Crippen molar-refractivity contribution >= 4 is 11.7 Å². The molecule has 108 valence electrons. The number of carbonyl (C=O) groups excluding carboxylic acids is 1. The minimum Gasteiger partial charge on any atom is -0.366 e. The van der Waals surface area contributed by atoms with Crippen LogP contribution in [0.1, 0.15) is 61.9 Å². The molecule has 0 spiro atoms. The Morgan fingerprint density at radius 1 is 0.950 bits per heavy atom. The molecule has 2 fully saturated rings. The molecule has 0 atom stereocenters. The highest BCUT2D eigenvalue weighted by molar-refractivity contribution is 5.92. The zero-order valence-corrected chi connectivity index (χ0v) is 11.8. The van der Waals surface area contributed by atoms with Crippen LogP contribution in [0.15, 0.2) is 12.1 Å². The highest BCUT2D eigenvalue weighted by Crippen LogP contribution is 2.21. The summed E-state index contributed by atoms with van der Waals surface area (Å²) in [6.45, 7) is 0. The molecule has 5 heteroatoms. The fourth-order valence-corrected chi connectivity index (χ4v) is 2.65. The van der Waals surface area contributed by atoms with Gasteiger partial charge in [0.2, 0.25) is 0 Å². The van der Waals surface area contributed by atoms with Crippen LogP contribution in [-0.2, 0) is 0 Å². The molecule has 0 saturated heterocycles. The average Bonchev–Trinajstić information content (AvgIpc) is 3.27. The SMILES string of the molecule is O=C(NC1CC1)c1ccc(NC2CCCCCC2)nn1. The molecule has 1 heterocycles. The van der Waals surface area contributed by atoms with E-state index < -0.39 is 0 Å². The van der Waals surface area contributed by atoms with Crippen LogP contribution in [0.2, 0.25) is 0 Å². The number of hydrogen-bond donors (Lipinski definition) is 2. The third-order valence-corrected chi connectivity index (χ3v) is 4.02. The van der Waals surface area contributed by atoms with Crippen molar-refractivity contribution in [2.75, 3.05) is 5.32 Å². The molecule has 20 heavy (non-hydrogen) atoms. The lowest BCUT2D eigenvalue weighted by molar-refractivity contribution is 0.0945. The summed E-state index contributed by atoms with van der Waals surface area (Å²) in [6, 6.07) is 4.47. The van der Waals surface area contributed by atoms with Crippen LogP contribution in [0.25, 0.3) is 0 Å². The van der Waals surface area contributed by atoms with Crippen LogP contribution in [-0.4, -0.2) is 28.2 Å². The normalized spacial score (nSPS) is 20.2. The quantitative estimate of drug-likeness (QED) is 0.828. The predicted molar refractivity (Wildman–Crippen MR) is 77.6 cm³/mol. The summed E-state index contributed by atoms with van der Waals surface area (Å²) in [5.41, 5.74) is 0.406. The number of anilines is 1. The molecule has 5 nitrogen and oxygen atoms in total. The van der Waals surface area contributed by atoms with Crippen molar-refractivity contribution in [3.8, 4) is 0 Å². The van der Waals surface area contributed by atoms with Crippen LogP contribution in [0.5, 0.6) is 0 Å². The molecule has 1 aromatic heterocycles. The second-order valence-electron chi connectivity index (χ2n) is 5.88. The molecule has 2 aliphatic rings. The number of aromatic nitrogens is 2. The number of hydrogen-bond acceptors (Lipinski definition) is 4. The maximum absolute atomic E-state index is 11.8. The maximum atomic E-state index is 11.8. The molecule has 2 N–H and O–H groups in total. The largest absolute Gasteiger partial charge is 0.366 e. The first-order valence-electron chi connectivity index (χ1n) is 7.72. The maximum Gasteiger partial charge on any atom is 0.272 e. The molecular formula is C15H22N4O. The van der Waals surface area contributed by atoms with E-state index in [4.69, 9.17) is 0 Å². The number of rotatable bonds is 4. The van der Waals surface area contributed by atoms with E-state index in [1.807, 2.05) is 6.07 Å². The van der Waals surface area contributed by atoms with E-state index in [2.05, 4.69) is 20.8 Å². The first-order chi connectivity index (χ1) is 9.81. The van der Waals surface area contributed by atoms with E-state index in [9.17, 15) is 4.79 Å². The standard InChI is InChI=1S/C15H22N4O/c20-15(17-12-7-8-12)13-9-10-14(19-18-13)16-11-5-3-1-2-4-6-11/h9-12H,1-8H2,(H,16,19)(H,17,20). The number of carbonyl (C=O) groups is 1. The van der Waals surface area contributed by atoms with Crippen LogP contribution < -0.4 is 10.6 Å². The van der Waals surface area contributed by atoms with Gasteiger partial charge in [0.05, 0.1) is 0 Å². The topological polar surface area (TPSA) is 66.9 Å². The summed E-state index contributed by atoms with van der Waals surface area (Å²) >= 11 is 0. The molecule has 0 bridgehead atoms. The van der Waals surface area contributed by atoms with E-state index >= 15 is 0 Å². The first-order valence-corrected chi connectivity index (χ1v) is 7.72. The van der Waals surface area contributed by atoms with Crippen LogP contribution in [0.3, 0.4) is 0 Å². The van der Waals surface area contributed by atoms with Gasteiger partial charge < -0.3 is 10.6 Å². The van der Waals surface area contributed by atoms with Gasteiger partial charge in [0.1, 0.15) is 5.82 Å². The van der Waals surface area contributed by atoms with Crippen LogP contribution in [0, 0.1) is 0 Å². The van der Waals surface area contributed by atoms with Gasteiger partial charge in [-0.05, 0) is 37.8 Å². The van der Waals surface area contributed by atoms with Crippen molar-refractivity contribution in [3.05, 3.63) is 17.8 Å². The summed E-state index contributed by atoms with van der Waals surface area (Å²) in [6.07, 6.45) is 9.81. The summed E-state index contributed by atoms with van der Waals surface area (Å²) < 4.78 is 0. The molecule has 2 saturated carbocycles. The fourth-order valence-electron chi connectivity index (χ4n) is 2.65. The third kappa shape index (κ3) is 3.68. The Morgan fingerprint density at radius 3 is 2.30 bits per heavy atom. The molecule has 0 aromatic carbocycles. The van der Waals surface area contributed by atoms with Crippen molar-refractivity contribution in [2.45, 2.75) is 63.5 Å². The average molecular weight is 274 g/mol. The van der Waals surface area contributed by atoms with E-state index in [1.165, 1.54) is 38.5 Å². The molecular weight excluding hydrogens is 252 g/mol. The van der Waals surface area contributed by atoms with Crippen molar-refractivity contribution in [3.63, 3.8) is 0 Å². The Hall–Kier alpha value is -1.65. The molecule has 2 aliphatic carbocycles. The molecule has 1 amide bonds. The fraction of sp³-hybridized carbons (Fsp3) is 0.667. The molecule has 0 unspecified atom stereocenters. The Balaban J connectivity index is 1.55. The van der Waals surface area contributed by atoms with Crippen LogP contribution >= 0.6 is 0 Å². The molecule has 3 rings (SSSR count). The highest BCUT2D eigenvalue weighted by atomic mass is 16.2. The first kappa shape index (κ1) is 13.3. The van der Waals surface area contributed by atoms with E-state index in [1.54, 1.807) is 6.07 Å².